The predicted molar refractivity (Wildman–Crippen MR) is 110 cm³/mol. The van der Waals surface area contributed by atoms with Crippen molar-refractivity contribution < 1.29 is 14.7 Å². The number of carbonyl (C=O) groups is 2. The molecule has 3 atom stereocenters. The highest BCUT2D eigenvalue weighted by molar-refractivity contribution is 5.95. The van der Waals surface area contributed by atoms with E-state index in [9.17, 15) is 14.7 Å². The van der Waals surface area contributed by atoms with Gasteiger partial charge in [-0.25, -0.2) is 4.98 Å². The number of aliphatic hydroxyl groups is 1. The summed E-state index contributed by atoms with van der Waals surface area (Å²) in [5.74, 6) is 5.00. The first kappa shape index (κ1) is 18.4. The van der Waals surface area contributed by atoms with E-state index in [4.69, 9.17) is 5.73 Å². The minimum atomic E-state index is -1.68. The first-order valence-corrected chi connectivity index (χ1v) is 9.66. The number of carbonyl (C=O) groups excluding carboxylic acids is 2. The summed E-state index contributed by atoms with van der Waals surface area (Å²) in [5, 5.41) is 11.0. The lowest BCUT2D eigenvalue weighted by Crippen LogP contribution is -2.45. The van der Waals surface area contributed by atoms with Gasteiger partial charge in [0.25, 0.3) is 11.8 Å². The van der Waals surface area contributed by atoms with Crippen molar-refractivity contribution in [2.75, 3.05) is 7.05 Å². The van der Waals surface area contributed by atoms with Gasteiger partial charge in [0.15, 0.2) is 0 Å². The van der Waals surface area contributed by atoms with E-state index in [1.807, 2.05) is 43.3 Å². The second kappa shape index (κ2) is 5.94. The molecule has 3 heterocycles. The molecule has 150 valence electrons. The van der Waals surface area contributed by atoms with Crippen molar-refractivity contribution in [1.82, 2.24) is 14.3 Å². The molecule has 5 rings (SSSR count). The fraction of sp³-hybridized carbons (Fsp3) is 0.261. The number of aromatic nitrogens is 2. The van der Waals surface area contributed by atoms with Crippen molar-refractivity contribution in [3.8, 4) is 23.1 Å². The largest absolute Gasteiger partial charge is 0.369 e. The molecule has 1 aliphatic heterocycles. The molecule has 0 bridgehead atoms. The van der Waals surface area contributed by atoms with Gasteiger partial charge < -0.3 is 15.7 Å². The maximum Gasteiger partial charge on any atom is 0.285 e. The van der Waals surface area contributed by atoms with E-state index < -0.39 is 16.9 Å². The molecule has 30 heavy (non-hydrogen) atoms. The molecular formula is C23H20N4O3. The Balaban J connectivity index is 1.57. The Kier molecular flexibility index (Phi) is 3.64. The normalized spacial score (nSPS) is 27.0. The third kappa shape index (κ3) is 2.34. The van der Waals surface area contributed by atoms with Crippen LogP contribution in [0.3, 0.4) is 0 Å². The number of fused-ring (bicyclic) bond motifs is 2. The van der Waals surface area contributed by atoms with Gasteiger partial charge in [0, 0.05) is 35.8 Å². The van der Waals surface area contributed by atoms with Gasteiger partial charge in [-0.15, -0.1) is 0 Å². The van der Waals surface area contributed by atoms with E-state index in [2.05, 4.69) is 16.8 Å². The topological polar surface area (TPSA) is 101 Å². The number of rotatable bonds is 2. The molecule has 1 aromatic carbocycles. The van der Waals surface area contributed by atoms with E-state index in [-0.39, 0.29) is 17.8 Å². The standard InChI is InChI=1S/C23H20N4O3/c1-22-13-17(22)26(2)21(29)23(22,30)10-9-14-6-5-7-15(12-14)18-16-8-3-4-11-27(16)20(25-18)19(24)28/h3-8,11-12,17,30H,13H2,1-2H3,(H2,24,28)/t17-,22?,23+/m1/s1. The van der Waals surface area contributed by atoms with Gasteiger partial charge in [-0.3, -0.25) is 14.0 Å². The van der Waals surface area contributed by atoms with E-state index in [0.29, 0.717) is 11.3 Å². The molecular weight excluding hydrogens is 380 g/mol. The highest BCUT2D eigenvalue weighted by Gasteiger charge is 2.74. The highest BCUT2D eigenvalue weighted by atomic mass is 16.3. The monoisotopic (exact) mass is 400 g/mol. The smallest absolute Gasteiger partial charge is 0.285 e. The van der Waals surface area contributed by atoms with Crippen LogP contribution in [-0.4, -0.2) is 49.9 Å². The molecule has 1 saturated heterocycles. The fourth-order valence-electron chi connectivity index (χ4n) is 4.46. The van der Waals surface area contributed by atoms with Gasteiger partial charge in [-0.05, 0) is 30.7 Å². The van der Waals surface area contributed by atoms with Gasteiger partial charge in [-0.1, -0.05) is 37.0 Å². The number of amides is 2. The number of likely N-dealkylation sites (N-methyl/N-ethyl adjacent to an activating group) is 1. The summed E-state index contributed by atoms with van der Waals surface area (Å²) in [6.45, 7) is 1.90. The van der Waals surface area contributed by atoms with Crippen molar-refractivity contribution in [3.05, 3.63) is 60.0 Å². The van der Waals surface area contributed by atoms with E-state index in [0.717, 1.165) is 17.5 Å². The van der Waals surface area contributed by atoms with Crippen LogP contribution in [-0.2, 0) is 4.79 Å². The molecule has 2 aromatic heterocycles. The third-order valence-electron chi connectivity index (χ3n) is 6.41. The molecule has 7 nitrogen and oxygen atoms in total. The SMILES string of the molecule is CN1C(=O)[C@@](O)(C#Cc2cccc(-c3nc(C(N)=O)n4ccccc34)c2)C2(C)C[C@@H]12. The molecule has 2 fully saturated rings. The Labute approximate surface area is 173 Å². The van der Waals surface area contributed by atoms with Crippen molar-refractivity contribution in [2.45, 2.75) is 25.0 Å². The minimum absolute atomic E-state index is 0.0414. The van der Waals surface area contributed by atoms with Crippen LogP contribution in [0.2, 0.25) is 0 Å². The number of benzene rings is 1. The molecule has 1 unspecified atom stereocenters. The Morgan fingerprint density at radius 2 is 2.10 bits per heavy atom. The summed E-state index contributed by atoms with van der Waals surface area (Å²) in [4.78, 5) is 30.3. The number of pyridine rings is 1. The number of imidazole rings is 1. The summed E-state index contributed by atoms with van der Waals surface area (Å²) in [6, 6.07) is 12.9. The van der Waals surface area contributed by atoms with Crippen LogP contribution in [0.1, 0.15) is 29.5 Å². The van der Waals surface area contributed by atoms with Gasteiger partial charge in [0.2, 0.25) is 11.4 Å². The zero-order valence-corrected chi connectivity index (χ0v) is 16.6. The van der Waals surface area contributed by atoms with Crippen LogP contribution in [0.4, 0.5) is 0 Å². The molecule has 3 aromatic rings. The number of nitrogens with two attached hydrogens (primary N) is 1. The number of piperidine rings is 1. The molecule has 1 saturated carbocycles. The summed E-state index contributed by atoms with van der Waals surface area (Å²) in [7, 11) is 1.71. The second-order valence-electron chi connectivity index (χ2n) is 8.20. The van der Waals surface area contributed by atoms with Crippen molar-refractivity contribution >= 4 is 17.3 Å². The average Bonchev–Trinajstić information content (AvgIpc) is 3.25. The molecule has 3 N–H and O–H groups in total. The third-order valence-corrected chi connectivity index (χ3v) is 6.41. The molecule has 1 aliphatic carbocycles. The van der Waals surface area contributed by atoms with Crippen LogP contribution < -0.4 is 5.73 Å². The number of primary amides is 1. The van der Waals surface area contributed by atoms with Crippen LogP contribution >= 0.6 is 0 Å². The Morgan fingerprint density at radius 3 is 2.80 bits per heavy atom. The average molecular weight is 400 g/mol. The number of likely N-dealkylation sites (tertiary alicyclic amines) is 1. The Hall–Kier alpha value is -3.63. The number of nitrogens with zero attached hydrogens (tertiary/aromatic N) is 3. The minimum Gasteiger partial charge on any atom is -0.369 e. The maximum atomic E-state index is 12.5. The predicted octanol–water partition coefficient (Wildman–Crippen LogP) is 1.43. The van der Waals surface area contributed by atoms with Crippen LogP contribution in [0.25, 0.3) is 16.8 Å². The zero-order valence-electron chi connectivity index (χ0n) is 16.6. The molecule has 2 amide bonds. The van der Waals surface area contributed by atoms with Gasteiger partial charge in [0.05, 0.1) is 11.2 Å². The summed E-state index contributed by atoms with van der Waals surface area (Å²) in [6.07, 6.45) is 2.48. The summed E-state index contributed by atoms with van der Waals surface area (Å²) in [5.41, 5.74) is 6.03. The number of hydrogen-bond donors (Lipinski definition) is 2. The molecule has 0 radical (unpaired) electrons. The Morgan fingerprint density at radius 1 is 1.30 bits per heavy atom. The van der Waals surface area contributed by atoms with Crippen molar-refractivity contribution in [1.29, 1.82) is 0 Å². The maximum absolute atomic E-state index is 12.5. The van der Waals surface area contributed by atoms with Crippen LogP contribution in [0.15, 0.2) is 48.7 Å². The van der Waals surface area contributed by atoms with Gasteiger partial charge in [-0.2, -0.15) is 0 Å². The van der Waals surface area contributed by atoms with Crippen LogP contribution in [0.5, 0.6) is 0 Å². The fourth-order valence-corrected chi connectivity index (χ4v) is 4.46. The molecule has 2 aliphatic rings. The summed E-state index contributed by atoms with van der Waals surface area (Å²) < 4.78 is 1.65. The molecule has 0 spiro atoms. The van der Waals surface area contributed by atoms with E-state index in [1.165, 1.54) is 0 Å². The van der Waals surface area contributed by atoms with E-state index in [1.54, 1.807) is 28.6 Å². The lowest BCUT2D eigenvalue weighted by molar-refractivity contribution is -0.142. The van der Waals surface area contributed by atoms with Crippen molar-refractivity contribution in [2.24, 2.45) is 11.1 Å². The number of hydrogen-bond acceptors (Lipinski definition) is 4. The highest BCUT2D eigenvalue weighted by Crippen LogP contribution is 2.61. The second-order valence-corrected chi connectivity index (χ2v) is 8.20. The van der Waals surface area contributed by atoms with Gasteiger partial charge in [0.1, 0.15) is 0 Å². The first-order chi connectivity index (χ1) is 14.3. The van der Waals surface area contributed by atoms with E-state index >= 15 is 0 Å². The summed E-state index contributed by atoms with van der Waals surface area (Å²) >= 11 is 0. The van der Waals surface area contributed by atoms with Crippen LogP contribution in [0, 0.1) is 17.3 Å². The lowest BCUT2D eigenvalue weighted by Gasteiger charge is -2.23. The molecule has 7 heteroatoms. The zero-order chi connectivity index (χ0) is 21.3. The van der Waals surface area contributed by atoms with Crippen molar-refractivity contribution in [3.63, 3.8) is 0 Å². The van der Waals surface area contributed by atoms with Gasteiger partial charge >= 0.3 is 0 Å². The first-order valence-electron chi connectivity index (χ1n) is 9.66. The lowest BCUT2D eigenvalue weighted by atomic mass is 9.87. The quantitative estimate of drug-likeness (QED) is 0.636. The Bertz CT molecular complexity index is 1300.